The minimum Gasteiger partial charge on any atom is -0.466 e. The van der Waals surface area contributed by atoms with E-state index in [4.69, 9.17) is 9.47 Å². The Kier molecular flexibility index (Phi) is 9.22. The molecule has 2 aromatic rings. The van der Waals surface area contributed by atoms with Crippen molar-refractivity contribution >= 4 is 23.8 Å². The Balaban J connectivity index is 1.99. The summed E-state index contributed by atoms with van der Waals surface area (Å²) in [5.74, 6) is -1.65. The van der Waals surface area contributed by atoms with Crippen LogP contribution in [0.15, 0.2) is 60.7 Å². The van der Waals surface area contributed by atoms with Gasteiger partial charge in [0.15, 0.2) is 5.78 Å². The average Bonchev–Trinajstić information content (AvgIpc) is 2.78. The fourth-order valence-corrected chi connectivity index (χ4v) is 2.73. The SMILES string of the molecule is CCOC(=O)C[C@H](NC(=O)OCc1ccccc1)C(=O)NC(C)C(=O)c1ccccc1. The van der Waals surface area contributed by atoms with Crippen LogP contribution in [0, 0.1) is 0 Å². The van der Waals surface area contributed by atoms with E-state index < -0.39 is 36.5 Å². The first-order valence-electron chi connectivity index (χ1n) is 9.93. The highest BCUT2D eigenvalue weighted by Gasteiger charge is 2.28. The van der Waals surface area contributed by atoms with E-state index >= 15 is 0 Å². The smallest absolute Gasteiger partial charge is 0.408 e. The van der Waals surface area contributed by atoms with Gasteiger partial charge in [0.2, 0.25) is 5.91 Å². The lowest BCUT2D eigenvalue weighted by Gasteiger charge is -2.20. The molecule has 2 amide bonds. The Hall–Kier alpha value is -3.68. The van der Waals surface area contributed by atoms with Gasteiger partial charge in [0, 0.05) is 5.56 Å². The van der Waals surface area contributed by atoms with Gasteiger partial charge in [-0.3, -0.25) is 14.4 Å². The number of benzene rings is 2. The first-order valence-corrected chi connectivity index (χ1v) is 9.93. The number of hydrogen-bond acceptors (Lipinski definition) is 6. The third-order valence-corrected chi connectivity index (χ3v) is 4.31. The second kappa shape index (κ2) is 12.1. The summed E-state index contributed by atoms with van der Waals surface area (Å²) in [6.45, 7) is 3.30. The minimum atomic E-state index is -1.26. The molecule has 8 heteroatoms. The van der Waals surface area contributed by atoms with Crippen molar-refractivity contribution in [1.82, 2.24) is 10.6 Å². The molecule has 0 aromatic heterocycles. The van der Waals surface area contributed by atoms with Crippen LogP contribution in [0.4, 0.5) is 4.79 Å². The third kappa shape index (κ3) is 7.93. The third-order valence-electron chi connectivity index (χ3n) is 4.31. The summed E-state index contributed by atoms with van der Waals surface area (Å²) in [4.78, 5) is 49.3. The molecule has 0 heterocycles. The molecule has 2 aromatic carbocycles. The summed E-state index contributed by atoms with van der Waals surface area (Å²) in [6, 6.07) is 15.4. The van der Waals surface area contributed by atoms with Gasteiger partial charge in [0.1, 0.15) is 12.6 Å². The van der Waals surface area contributed by atoms with Gasteiger partial charge in [0.25, 0.3) is 0 Å². The van der Waals surface area contributed by atoms with Crippen LogP contribution < -0.4 is 10.6 Å². The number of ether oxygens (including phenoxy) is 2. The van der Waals surface area contributed by atoms with E-state index in [9.17, 15) is 19.2 Å². The van der Waals surface area contributed by atoms with Crippen molar-refractivity contribution in [2.24, 2.45) is 0 Å². The van der Waals surface area contributed by atoms with E-state index in [0.717, 1.165) is 5.56 Å². The molecule has 2 rings (SSSR count). The monoisotopic (exact) mass is 426 g/mol. The van der Waals surface area contributed by atoms with Crippen LogP contribution in [0.1, 0.15) is 36.2 Å². The molecule has 8 nitrogen and oxygen atoms in total. The highest BCUT2D eigenvalue weighted by Crippen LogP contribution is 2.06. The highest BCUT2D eigenvalue weighted by atomic mass is 16.5. The normalized spacial score (nSPS) is 12.2. The molecule has 31 heavy (non-hydrogen) atoms. The van der Waals surface area contributed by atoms with Crippen molar-refractivity contribution in [2.45, 2.75) is 39.0 Å². The number of esters is 1. The van der Waals surface area contributed by atoms with Crippen LogP contribution >= 0.6 is 0 Å². The molecule has 164 valence electrons. The number of carbonyl (C=O) groups is 4. The Labute approximate surface area is 180 Å². The molecule has 2 N–H and O–H groups in total. The van der Waals surface area contributed by atoms with Crippen molar-refractivity contribution < 1.29 is 28.7 Å². The molecule has 0 aliphatic rings. The van der Waals surface area contributed by atoms with E-state index in [1.165, 1.54) is 6.92 Å². The van der Waals surface area contributed by atoms with Crippen LogP contribution in [-0.4, -0.2) is 42.4 Å². The van der Waals surface area contributed by atoms with Gasteiger partial charge >= 0.3 is 12.1 Å². The largest absolute Gasteiger partial charge is 0.466 e. The second-order valence-electron chi connectivity index (χ2n) is 6.73. The van der Waals surface area contributed by atoms with E-state index in [0.29, 0.717) is 5.56 Å². The fraction of sp³-hybridized carbons (Fsp3) is 0.304. The van der Waals surface area contributed by atoms with Gasteiger partial charge in [-0.15, -0.1) is 0 Å². The minimum absolute atomic E-state index is 0.00329. The maximum atomic E-state index is 12.7. The number of hydrogen-bond donors (Lipinski definition) is 2. The lowest BCUT2D eigenvalue weighted by molar-refractivity contribution is -0.145. The molecule has 0 bridgehead atoms. The molecule has 1 unspecified atom stereocenters. The standard InChI is InChI=1S/C23H26N2O6/c1-3-30-20(26)14-19(25-23(29)31-15-17-10-6-4-7-11-17)22(28)24-16(2)21(27)18-12-8-5-9-13-18/h4-13,16,19H,3,14-15H2,1-2H3,(H,24,28)(H,25,29)/t16?,19-/m0/s1. The fourth-order valence-electron chi connectivity index (χ4n) is 2.73. The Morgan fingerprint density at radius 1 is 0.871 bits per heavy atom. The lowest BCUT2D eigenvalue weighted by Crippen LogP contribution is -2.51. The van der Waals surface area contributed by atoms with Gasteiger partial charge in [-0.2, -0.15) is 0 Å². The molecule has 0 aliphatic heterocycles. The van der Waals surface area contributed by atoms with Crippen molar-refractivity contribution in [2.75, 3.05) is 6.61 Å². The Bertz CT molecular complexity index is 885. The van der Waals surface area contributed by atoms with Crippen LogP contribution in [-0.2, 0) is 25.7 Å². The van der Waals surface area contributed by atoms with Crippen molar-refractivity contribution in [3.63, 3.8) is 0 Å². The van der Waals surface area contributed by atoms with Gasteiger partial charge in [0.05, 0.1) is 19.1 Å². The van der Waals surface area contributed by atoms with Gasteiger partial charge in [-0.1, -0.05) is 60.7 Å². The molecule has 0 saturated heterocycles. The highest BCUT2D eigenvalue weighted by molar-refractivity contribution is 6.02. The first-order chi connectivity index (χ1) is 14.9. The molecular formula is C23H26N2O6. The molecular weight excluding hydrogens is 400 g/mol. The average molecular weight is 426 g/mol. The second-order valence-corrected chi connectivity index (χ2v) is 6.73. The number of carbonyl (C=O) groups excluding carboxylic acids is 4. The van der Waals surface area contributed by atoms with Crippen LogP contribution in [0.5, 0.6) is 0 Å². The van der Waals surface area contributed by atoms with E-state index in [2.05, 4.69) is 10.6 Å². The molecule has 0 aliphatic carbocycles. The summed E-state index contributed by atoms with van der Waals surface area (Å²) in [7, 11) is 0. The molecule has 0 radical (unpaired) electrons. The summed E-state index contributed by atoms with van der Waals surface area (Å²) >= 11 is 0. The van der Waals surface area contributed by atoms with Crippen molar-refractivity contribution in [3.05, 3.63) is 71.8 Å². The molecule has 0 saturated carbocycles. The maximum absolute atomic E-state index is 12.7. The zero-order valence-electron chi connectivity index (χ0n) is 17.5. The maximum Gasteiger partial charge on any atom is 0.408 e. The summed E-state index contributed by atoms with van der Waals surface area (Å²) in [5, 5.41) is 4.91. The predicted molar refractivity (Wildman–Crippen MR) is 113 cm³/mol. The predicted octanol–water partition coefficient (Wildman–Crippen LogP) is 2.62. The topological polar surface area (TPSA) is 111 Å². The van der Waals surface area contributed by atoms with E-state index in [1.54, 1.807) is 61.5 Å². The van der Waals surface area contributed by atoms with Gasteiger partial charge < -0.3 is 20.1 Å². The van der Waals surface area contributed by atoms with Gasteiger partial charge in [-0.25, -0.2) is 4.79 Å². The molecule has 0 spiro atoms. The number of amides is 2. The van der Waals surface area contributed by atoms with Crippen LogP contribution in [0.25, 0.3) is 0 Å². The molecule has 0 fully saturated rings. The number of Topliss-reactive ketones (excluding diaryl/α,β-unsaturated/α-hetero) is 1. The number of alkyl carbamates (subject to hydrolysis) is 1. The van der Waals surface area contributed by atoms with Crippen molar-refractivity contribution in [3.8, 4) is 0 Å². The van der Waals surface area contributed by atoms with E-state index in [1.807, 2.05) is 6.07 Å². The van der Waals surface area contributed by atoms with Crippen LogP contribution in [0.3, 0.4) is 0 Å². The summed E-state index contributed by atoms with van der Waals surface area (Å²) in [6.07, 6.45) is -1.26. The zero-order valence-corrected chi connectivity index (χ0v) is 17.5. The number of ketones is 1. The Morgan fingerprint density at radius 3 is 2.10 bits per heavy atom. The Morgan fingerprint density at radius 2 is 1.48 bits per heavy atom. The van der Waals surface area contributed by atoms with Gasteiger partial charge in [-0.05, 0) is 19.4 Å². The van der Waals surface area contributed by atoms with Crippen molar-refractivity contribution in [1.29, 1.82) is 0 Å². The van der Waals surface area contributed by atoms with E-state index in [-0.39, 0.29) is 19.0 Å². The number of rotatable bonds is 10. The summed E-state index contributed by atoms with van der Waals surface area (Å²) < 4.78 is 10.0. The molecule has 2 atom stereocenters. The quantitative estimate of drug-likeness (QED) is 0.446. The zero-order chi connectivity index (χ0) is 22.6. The number of nitrogens with one attached hydrogen (secondary N) is 2. The lowest BCUT2D eigenvalue weighted by atomic mass is 10.0. The summed E-state index contributed by atoms with van der Waals surface area (Å²) in [5.41, 5.74) is 1.21. The van der Waals surface area contributed by atoms with Crippen LogP contribution in [0.2, 0.25) is 0 Å². The first kappa shape index (κ1) is 23.6.